The van der Waals surface area contributed by atoms with E-state index >= 15 is 0 Å². The molecular weight excluding hydrogens is 164 g/mol. The summed E-state index contributed by atoms with van der Waals surface area (Å²) in [4.78, 5) is 10.4. The van der Waals surface area contributed by atoms with E-state index in [1.54, 1.807) is 30.7 Å². The molecule has 1 aromatic carbocycles. The number of carbonyl (C=O) groups excluding carboxylic acids is 1. The highest BCUT2D eigenvalue weighted by atomic mass is 16.1. The Morgan fingerprint density at radius 3 is 2.54 bits per heavy atom. The molecule has 1 radical (unpaired) electrons. The van der Waals surface area contributed by atoms with Crippen LogP contribution in [0.5, 0.6) is 0 Å². The van der Waals surface area contributed by atoms with Crippen molar-refractivity contribution in [3.8, 4) is 6.07 Å². The van der Waals surface area contributed by atoms with Gasteiger partial charge in [0.1, 0.15) is 0 Å². The van der Waals surface area contributed by atoms with E-state index in [1.807, 2.05) is 6.07 Å². The number of nitrogens with two attached hydrogens (primary N) is 1. The zero-order valence-electron chi connectivity index (χ0n) is 7.03. The third-order valence-corrected chi connectivity index (χ3v) is 1.58. The lowest BCUT2D eigenvalue weighted by Gasteiger charge is -1.97. The van der Waals surface area contributed by atoms with Gasteiger partial charge in [0.25, 0.3) is 0 Å². The molecule has 0 atom stereocenters. The van der Waals surface area contributed by atoms with E-state index in [0.29, 0.717) is 5.56 Å². The van der Waals surface area contributed by atoms with Gasteiger partial charge in [-0.1, -0.05) is 12.1 Å². The number of nitrogens with zero attached hydrogens (tertiary/aromatic N) is 1. The van der Waals surface area contributed by atoms with Crippen LogP contribution in [0.1, 0.15) is 17.5 Å². The van der Waals surface area contributed by atoms with Crippen LogP contribution in [0, 0.1) is 17.8 Å². The van der Waals surface area contributed by atoms with E-state index in [4.69, 9.17) is 11.0 Å². The fourth-order valence-electron chi connectivity index (χ4n) is 0.912. The van der Waals surface area contributed by atoms with Gasteiger partial charge in [0, 0.05) is 6.42 Å². The summed E-state index contributed by atoms with van der Waals surface area (Å²) in [6.07, 6.45) is 1.95. The lowest BCUT2D eigenvalue weighted by atomic mass is 10.1. The molecule has 0 aliphatic heterocycles. The lowest BCUT2D eigenvalue weighted by Crippen LogP contribution is -2.10. The van der Waals surface area contributed by atoms with Gasteiger partial charge in [-0.2, -0.15) is 5.26 Å². The number of primary amides is 1. The Hall–Kier alpha value is -1.82. The lowest BCUT2D eigenvalue weighted by molar-refractivity contribution is -0.117. The first-order chi connectivity index (χ1) is 6.22. The molecule has 1 rings (SSSR count). The molecule has 3 heteroatoms. The molecule has 0 fully saturated rings. The van der Waals surface area contributed by atoms with Crippen LogP contribution in [-0.2, 0) is 4.79 Å². The van der Waals surface area contributed by atoms with Crippen LogP contribution >= 0.6 is 0 Å². The molecule has 13 heavy (non-hydrogen) atoms. The van der Waals surface area contributed by atoms with Crippen LogP contribution in [0.2, 0.25) is 0 Å². The molecule has 0 aromatic heterocycles. The molecule has 0 bridgehead atoms. The largest absolute Gasteiger partial charge is 0.370 e. The SMILES string of the molecule is N#Cc1ccc([CH]CC(N)=O)cc1. The number of amides is 1. The van der Waals surface area contributed by atoms with Crippen molar-refractivity contribution >= 4 is 5.91 Å². The number of nitriles is 1. The molecule has 0 saturated carbocycles. The quantitative estimate of drug-likeness (QED) is 0.740. The minimum Gasteiger partial charge on any atom is -0.370 e. The molecule has 0 aliphatic carbocycles. The first-order valence-corrected chi connectivity index (χ1v) is 3.84. The Morgan fingerprint density at radius 1 is 1.46 bits per heavy atom. The summed E-state index contributed by atoms with van der Waals surface area (Å²) in [5.41, 5.74) is 6.48. The highest BCUT2D eigenvalue weighted by molar-refractivity contribution is 5.75. The second kappa shape index (κ2) is 4.27. The third kappa shape index (κ3) is 2.96. The standard InChI is InChI=1S/C10H9N2O/c11-7-9-3-1-8(2-4-9)5-6-10(12)13/h1-5H,6H2,(H2,12,13). The van der Waals surface area contributed by atoms with Crippen molar-refractivity contribution in [3.05, 3.63) is 41.8 Å². The second-order valence-corrected chi connectivity index (χ2v) is 2.61. The van der Waals surface area contributed by atoms with Gasteiger partial charge < -0.3 is 5.73 Å². The highest BCUT2D eigenvalue weighted by Gasteiger charge is 1.97. The van der Waals surface area contributed by atoms with Crippen LogP contribution < -0.4 is 5.73 Å². The summed E-state index contributed by atoms with van der Waals surface area (Å²) in [6.45, 7) is 0. The monoisotopic (exact) mass is 173 g/mol. The number of benzene rings is 1. The van der Waals surface area contributed by atoms with Gasteiger partial charge in [-0.05, 0) is 24.1 Å². The van der Waals surface area contributed by atoms with Crippen molar-refractivity contribution < 1.29 is 4.79 Å². The van der Waals surface area contributed by atoms with Crippen molar-refractivity contribution in [1.82, 2.24) is 0 Å². The van der Waals surface area contributed by atoms with Gasteiger partial charge in [0.15, 0.2) is 0 Å². The molecule has 0 unspecified atom stereocenters. The molecule has 2 N–H and O–H groups in total. The molecule has 0 heterocycles. The van der Waals surface area contributed by atoms with Crippen LogP contribution in [0.4, 0.5) is 0 Å². The summed E-state index contributed by atoms with van der Waals surface area (Å²) < 4.78 is 0. The number of carbonyl (C=O) groups is 1. The second-order valence-electron chi connectivity index (χ2n) is 2.61. The molecule has 1 amide bonds. The van der Waals surface area contributed by atoms with Gasteiger partial charge in [-0.25, -0.2) is 0 Å². The minimum atomic E-state index is -0.357. The van der Waals surface area contributed by atoms with Gasteiger partial charge in [0.2, 0.25) is 5.91 Å². The van der Waals surface area contributed by atoms with Crippen LogP contribution in [0.15, 0.2) is 24.3 Å². The summed E-state index contributed by atoms with van der Waals surface area (Å²) in [6, 6.07) is 8.97. The summed E-state index contributed by atoms with van der Waals surface area (Å²) >= 11 is 0. The van der Waals surface area contributed by atoms with E-state index in [1.165, 1.54) is 0 Å². The molecule has 1 aromatic rings. The zero-order valence-corrected chi connectivity index (χ0v) is 7.03. The predicted octanol–water partition coefficient (Wildman–Crippen LogP) is 0.986. The summed E-state index contributed by atoms with van der Waals surface area (Å²) in [7, 11) is 0. The smallest absolute Gasteiger partial charge is 0.218 e. The van der Waals surface area contributed by atoms with Gasteiger partial charge in [-0.15, -0.1) is 0 Å². The average Bonchev–Trinajstić information content (AvgIpc) is 2.15. The normalized spacial score (nSPS) is 9.15. The van der Waals surface area contributed by atoms with E-state index in [2.05, 4.69) is 0 Å². The maximum atomic E-state index is 10.4. The van der Waals surface area contributed by atoms with Crippen molar-refractivity contribution in [2.24, 2.45) is 5.73 Å². The molecule has 0 spiro atoms. The number of rotatable bonds is 3. The van der Waals surface area contributed by atoms with Crippen LogP contribution in [0.3, 0.4) is 0 Å². The van der Waals surface area contributed by atoms with E-state index in [9.17, 15) is 4.79 Å². The molecular formula is C10H9N2O. The third-order valence-electron chi connectivity index (χ3n) is 1.58. The maximum Gasteiger partial charge on any atom is 0.218 e. The average molecular weight is 173 g/mol. The first kappa shape index (κ1) is 9.27. The van der Waals surface area contributed by atoms with Crippen molar-refractivity contribution in [3.63, 3.8) is 0 Å². The van der Waals surface area contributed by atoms with Gasteiger partial charge in [0.05, 0.1) is 11.6 Å². The summed E-state index contributed by atoms with van der Waals surface area (Å²) in [5, 5.41) is 8.51. The Kier molecular flexibility index (Phi) is 3.04. The van der Waals surface area contributed by atoms with Crippen molar-refractivity contribution in [1.29, 1.82) is 5.26 Å². The molecule has 65 valence electrons. The first-order valence-electron chi connectivity index (χ1n) is 3.84. The maximum absolute atomic E-state index is 10.4. The molecule has 0 saturated heterocycles. The zero-order chi connectivity index (χ0) is 9.68. The van der Waals surface area contributed by atoms with E-state index in [-0.39, 0.29) is 12.3 Å². The molecule has 0 aliphatic rings. The Balaban J connectivity index is 2.60. The highest BCUT2D eigenvalue weighted by Crippen LogP contribution is 2.07. The Labute approximate surface area is 76.8 Å². The Morgan fingerprint density at radius 2 is 2.08 bits per heavy atom. The fraction of sp³-hybridized carbons (Fsp3) is 0.100. The summed E-state index contributed by atoms with van der Waals surface area (Å²) in [5.74, 6) is -0.357. The predicted molar refractivity (Wildman–Crippen MR) is 48.4 cm³/mol. The minimum absolute atomic E-state index is 0.228. The van der Waals surface area contributed by atoms with Crippen LogP contribution in [0.25, 0.3) is 0 Å². The van der Waals surface area contributed by atoms with E-state index < -0.39 is 0 Å². The van der Waals surface area contributed by atoms with E-state index in [0.717, 1.165) is 5.56 Å². The number of hydrogen-bond acceptors (Lipinski definition) is 2. The topological polar surface area (TPSA) is 66.9 Å². The fourth-order valence-corrected chi connectivity index (χ4v) is 0.912. The van der Waals surface area contributed by atoms with Crippen molar-refractivity contribution in [2.45, 2.75) is 6.42 Å². The number of hydrogen-bond donors (Lipinski definition) is 1. The molecule has 3 nitrogen and oxygen atoms in total. The van der Waals surface area contributed by atoms with Crippen LogP contribution in [-0.4, -0.2) is 5.91 Å². The van der Waals surface area contributed by atoms with Crippen molar-refractivity contribution in [2.75, 3.05) is 0 Å². The van der Waals surface area contributed by atoms with Gasteiger partial charge >= 0.3 is 0 Å². The Bertz CT molecular complexity index is 335. The van der Waals surface area contributed by atoms with Gasteiger partial charge in [-0.3, -0.25) is 4.79 Å².